The van der Waals surface area contributed by atoms with Crippen LogP contribution >= 0.6 is 12.4 Å². The van der Waals surface area contributed by atoms with Crippen molar-refractivity contribution in [2.45, 2.75) is 33.1 Å². The highest BCUT2D eigenvalue weighted by Gasteiger charge is 2.14. The molecule has 3 nitrogen and oxygen atoms in total. The van der Waals surface area contributed by atoms with Crippen molar-refractivity contribution < 1.29 is 4.79 Å². The molecule has 0 aliphatic heterocycles. The summed E-state index contributed by atoms with van der Waals surface area (Å²) in [6.07, 6.45) is 1.09. The number of hydrogen-bond acceptors (Lipinski definition) is 2. The maximum Gasteiger partial charge on any atom is 0.227 e. The first-order valence-corrected chi connectivity index (χ1v) is 7.41. The fourth-order valence-corrected chi connectivity index (χ4v) is 2.12. The Morgan fingerprint density at radius 2 is 1.71 bits per heavy atom. The molecule has 21 heavy (non-hydrogen) atoms. The van der Waals surface area contributed by atoms with Crippen LogP contribution in [0.25, 0.3) is 0 Å². The minimum Gasteiger partial charge on any atom is -0.354 e. The highest BCUT2D eigenvalue weighted by atomic mass is 35.5. The Hall–Kier alpha value is -1.06. The second-order valence-electron chi connectivity index (χ2n) is 6.16. The Labute approximate surface area is 135 Å². The van der Waals surface area contributed by atoms with Gasteiger partial charge in [-0.1, -0.05) is 38.1 Å². The van der Waals surface area contributed by atoms with E-state index in [4.69, 9.17) is 0 Å². The van der Waals surface area contributed by atoms with E-state index in [2.05, 4.69) is 48.3 Å². The molecular weight excluding hydrogens is 284 g/mol. The summed E-state index contributed by atoms with van der Waals surface area (Å²) in [5, 5.41) is 2.98. The summed E-state index contributed by atoms with van der Waals surface area (Å²) in [6.45, 7) is 7.96. The number of rotatable bonds is 7. The van der Waals surface area contributed by atoms with Gasteiger partial charge in [-0.25, -0.2) is 0 Å². The molecule has 1 amide bonds. The van der Waals surface area contributed by atoms with Crippen molar-refractivity contribution in [3.8, 4) is 0 Å². The first kappa shape index (κ1) is 19.9. The van der Waals surface area contributed by atoms with E-state index in [0.717, 1.165) is 18.5 Å². The summed E-state index contributed by atoms with van der Waals surface area (Å²) >= 11 is 0. The zero-order valence-corrected chi connectivity index (χ0v) is 14.7. The molecule has 1 atom stereocenters. The Morgan fingerprint density at radius 3 is 2.19 bits per heavy atom. The third-order valence-corrected chi connectivity index (χ3v) is 3.38. The molecule has 0 saturated heterocycles. The van der Waals surface area contributed by atoms with Crippen LogP contribution in [0.1, 0.15) is 37.8 Å². The summed E-state index contributed by atoms with van der Waals surface area (Å²) in [6, 6.07) is 8.43. The van der Waals surface area contributed by atoms with E-state index in [1.54, 1.807) is 0 Å². The Morgan fingerprint density at radius 1 is 1.14 bits per heavy atom. The third kappa shape index (κ3) is 7.49. The third-order valence-electron chi connectivity index (χ3n) is 3.38. The molecule has 0 bridgehead atoms. The van der Waals surface area contributed by atoms with Gasteiger partial charge in [-0.2, -0.15) is 0 Å². The number of benzene rings is 1. The molecule has 1 N–H and O–H groups in total. The minimum absolute atomic E-state index is 0. The smallest absolute Gasteiger partial charge is 0.227 e. The first-order chi connectivity index (χ1) is 9.40. The fraction of sp³-hybridized carbons (Fsp3) is 0.588. The van der Waals surface area contributed by atoms with Crippen molar-refractivity contribution in [2.75, 3.05) is 27.2 Å². The van der Waals surface area contributed by atoms with E-state index in [9.17, 15) is 4.79 Å². The molecular formula is C17H29ClN2O. The van der Waals surface area contributed by atoms with Crippen LogP contribution in [0, 0.1) is 5.92 Å². The Bertz CT molecular complexity index is 415. The number of amides is 1. The zero-order valence-electron chi connectivity index (χ0n) is 13.8. The van der Waals surface area contributed by atoms with Crippen molar-refractivity contribution in [2.24, 2.45) is 5.92 Å². The SMILES string of the molecule is CC(C)Cc1ccc(C(C)C(=O)NCCN(C)C)cc1.Cl. The Kier molecular flexibility index (Phi) is 9.31. The lowest BCUT2D eigenvalue weighted by Gasteiger charge is -2.15. The van der Waals surface area contributed by atoms with E-state index in [0.29, 0.717) is 12.5 Å². The molecule has 0 radical (unpaired) electrons. The number of likely N-dealkylation sites (N-methyl/N-ethyl adjacent to an activating group) is 1. The average Bonchev–Trinajstić information content (AvgIpc) is 2.37. The lowest BCUT2D eigenvalue weighted by molar-refractivity contribution is -0.122. The summed E-state index contributed by atoms with van der Waals surface area (Å²) in [4.78, 5) is 14.1. The number of carbonyl (C=O) groups excluding carboxylic acids is 1. The molecule has 0 fully saturated rings. The molecule has 1 aromatic carbocycles. The number of hydrogen-bond donors (Lipinski definition) is 1. The summed E-state index contributed by atoms with van der Waals surface area (Å²) in [7, 11) is 4.01. The van der Waals surface area contributed by atoms with E-state index in [-0.39, 0.29) is 24.2 Å². The van der Waals surface area contributed by atoms with Gasteiger partial charge in [0.25, 0.3) is 0 Å². The van der Waals surface area contributed by atoms with Crippen LogP contribution in [0.5, 0.6) is 0 Å². The van der Waals surface area contributed by atoms with Gasteiger partial charge in [0.1, 0.15) is 0 Å². The highest BCUT2D eigenvalue weighted by Crippen LogP contribution is 2.17. The molecule has 4 heteroatoms. The summed E-state index contributed by atoms with van der Waals surface area (Å²) in [5.74, 6) is 0.668. The molecule has 0 spiro atoms. The predicted octanol–water partition coefficient (Wildman–Crippen LogP) is 3.09. The van der Waals surface area contributed by atoms with E-state index < -0.39 is 0 Å². The Balaban J connectivity index is 0.00000400. The second kappa shape index (κ2) is 9.80. The normalized spacial score (nSPS) is 12.1. The number of nitrogens with one attached hydrogen (secondary N) is 1. The number of halogens is 1. The quantitative estimate of drug-likeness (QED) is 0.839. The molecule has 1 aromatic rings. The van der Waals surface area contributed by atoms with E-state index in [1.807, 2.05) is 21.0 Å². The molecule has 0 aliphatic rings. The van der Waals surface area contributed by atoms with Gasteiger partial charge in [0.05, 0.1) is 5.92 Å². The van der Waals surface area contributed by atoms with Gasteiger partial charge in [-0.15, -0.1) is 12.4 Å². The summed E-state index contributed by atoms with van der Waals surface area (Å²) < 4.78 is 0. The lowest BCUT2D eigenvalue weighted by Crippen LogP contribution is -2.33. The maximum absolute atomic E-state index is 12.1. The monoisotopic (exact) mass is 312 g/mol. The van der Waals surface area contributed by atoms with E-state index in [1.165, 1.54) is 5.56 Å². The van der Waals surface area contributed by atoms with Gasteiger partial charge in [-0.3, -0.25) is 4.79 Å². The molecule has 120 valence electrons. The van der Waals surface area contributed by atoms with Crippen LogP contribution in [0.3, 0.4) is 0 Å². The van der Waals surface area contributed by atoms with Crippen LogP contribution in [0.4, 0.5) is 0 Å². The van der Waals surface area contributed by atoms with Crippen LogP contribution < -0.4 is 5.32 Å². The van der Waals surface area contributed by atoms with Crippen molar-refractivity contribution in [1.82, 2.24) is 10.2 Å². The van der Waals surface area contributed by atoms with Crippen LogP contribution in [-0.2, 0) is 11.2 Å². The number of nitrogens with zero attached hydrogens (tertiary/aromatic N) is 1. The van der Waals surface area contributed by atoms with Gasteiger partial charge in [-0.05, 0) is 44.5 Å². The van der Waals surface area contributed by atoms with Gasteiger partial charge >= 0.3 is 0 Å². The average molecular weight is 313 g/mol. The van der Waals surface area contributed by atoms with Crippen LogP contribution in [0.2, 0.25) is 0 Å². The van der Waals surface area contributed by atoms with Gasteiger partial charge in [0.2, 0.25) is 5.91 Å². The van der Waals surface area contributed by atoms with Gasteiger partial charge in [0, 0.05) is 13.1 Å². The maximum atomic E-state index is 12.1. The fourth-order valence-electron chi connectivity index (χ4n) is 2.12. The highest BCUT2D eigenvalue weighted by molar-refractivity contribution is 5.85. The van der Waals surface area contributed by atoms with Crippen molar-refractivity contribution in [3.05, 3.63) is 35.4 Å². The molecule has 1 rings (SSSR count). The molecule has 0 heterocycles. The molecule has 0 aromatic heterocycles. The van der Waals surface area contributed by atoms with Gasteiger partial charge < -0.3 is 10.2 Å². The first-order valence-electron chi connectivity index (χ1n) is 7.41. The summed E-state index contributed by atoms with van der Waals surface area (Å²) in [5.41, 5.74) is 2.42. The lowest BCUT2D eigenvalue weighted by atomic mass is 9.96. The largest absolute Gasteiger partial charge is 0.354 e. The van der Waals surface area contributed by atoms with E-state index >= 15 is 0 Å². The van der Waals surface area contributed by atoms with Crippen molar-refractivity contribution in [3.63, 3.8) is 0 Å². The zero-order chi connectivity index (χ0) is 15.1. The number of carbonyl (C=O) groups is 1. The van der Waals surface area contributed by atoms with Crippen molar-refractivity contribution >= 4 is 18.3 Å². The standard InChI is InChI=1S/C17H28N2O.ClH/c1-13(2)12-15-6-8-16(9-7-15)14(3)17(20)18-10-11-19(4)5;/h6-9,13-14H,10-12H2,1-5H3,(H,18,20);1H. The van der Waals surface area contributed by atoms with Gasteiger partial charge in [0.15, 0.2) is 0 Å². The molecule has 0 saturated carbocycles. The second-order valence-corrected chi connectivity index (χ2v) is 6.16. The van der Waals surface area contributed by atoms with Crippen LogP contribution in [-0.4, -0.2) is 38.0 Å². The molecule has 0 aliphatic carbocycles. The topological polar surface area (TPSA) is 32.3 Å². The predicted molar refractivity (Wildman–Crippen MR) is 92.2 cm³/mol. The van der Waals surface area contributed by atoms with Crippen LogP contribution in [0.15, 0.2) is 24.3 Å². The minimum atomic E-state index is -0.0923. The van der Waals surface area contributed by atoms with Crippen molar-refractivity contribution in [1.29, 1.82) is 0 Å². The molecule has 1 unspecified atom stereocenters.